The van der Waals surface area contributed by atoms with Crippen molar-refractivity contribution in [2.75, 3.05) is 18.4 Å². The van der Waals surface area contributed by atoms with Gasteiger partial charge < -0.3 is 5.32 Å². The molecule has 2 N–H and O–H groups in total. The lowest BCUT2D eigenvalue weighted by molar-refractivity contribution is 0.102. The Morgan fingerprint density at radius 1 is 0.944 bits per heavy atom. The Balaban J connectivity index is 1.22. The average molecular weight is 479 g/mol. The second-order valence-electron chi connectivity index (χ2n) is 8.94. The number of anilines is 1. The van der Waals surface area contributed by atoms with E-state index in [9.17, 15) is 9.18 Å². The van der Waals surface area contributed by atoms with Crippen molar-refractivity contribution in [3.05, 3.63) is 96.3 Å². The Bertz CT molecular complexity index is 1540. The van der Waals surface area contributed by atoms with Crippen LogP contribution < -0.4 is 5.32 Å². The molecule has 0 spiro atoms. The van der Waals surface area contributed by atoms with Crippen LogP contribution in [0, 0.1) is 5.82 Å². The van der Waals surface area contributed by atoms with E-state index in [4.69, 9.17) is 0 Å². The minimum Gasteiger partial charge on any atom is -0.319 e. The van der Waals surface area contributed by atoms with Crippen molar-refractivity contribution in [2.45, 2.75) is 13.0 Å². The summed E-state index contributed by atoms with van der Waals surface area (Å²) in [7, 11) is 0. The minimum atomic E-state index is -0.334. The van der Waals surface area contributed by atoms with Gasteiger partial charge in [-0.25, -0.2) is 4.39 Å². The van der Waals surface area contributed by atoms with E-state index in [1.807, 2.05) is 30.6 Å². The molecule has 1 amide bonds. The Labute approximate surface area is 207 Å². The first-order valence-corrected chi connectivity index (χ1v) is 11.8. The quantitative estimate of drug-likeness (QED) is 0.347. The number of H-pyrrole nitrogens is 1. The molecule has 2 aromatic carbocycles. The third kappa shape index (κ3) is 4.46. The van der Waals surface area contributed by atoms with Gasteiger partial charge in [-0.3, -0.25) is 24.8 Å². The summed E-state index contributed by atoms with van der Waals surface area (Å²) in [5, 5.41) is 10.8. The van der Waals surface area contributed by atoms with Crippen molar-refractivity contribution in [3.63, 3.8) is 0 Å². The lowest BCUT2D eigenvalue weighted by atomic mass is 10.0. The molecule has 1 aliphatic rings. The van der Waals surface area contributed by atoms with Crippen molar-refractivity contribution < 1.29 is 9.18 Å². The zero-order valence-electron chi connectivity index (χ0n) is 19.4. The number of aromatic nitrogens is 4. The van der Waals surface area contributed by atoms with E-state index in [0.717, 1.165) is 47.2 Å². The lowest BCUT2D eigenvalue weighted by Crippen LogP contribution is -2.36. The first-order valence-electron chi connectivity index (χ1n) is 11.8. The lowest BCUT2D eigenvalue weighted by Gasteiger charge is -2.30. The van der Waals surface area contributed by atoms with Gasteiger partial charge in [0.1, 0.15) is 5.82 Å². The second-order valence-corrected chi connectivity index (χ2v) is 8.94. The second kappa shape index (κ2) is 9.31. The first kappa shape index (κ1) is 22.1. The topological polar surface area (TPSA) is 86.8 Å². The molecule has 7 nitrogen and oxygen atoms in total. The predicted molar refractivity (Wildman–Crippen MR) is 137 cm³/mol. The van der Waals surface area contributed by atoms with Gasteiger partial charge in [-0.2, -0.15) is 5.10 Å². The number of rotatable bonds is 6. The number of likely N-dealkylation sites (tertiary alicyclic amines) is 1. The van der Waals surface area contributed by atoms with Crippen LogP contribution in [0.1, 0.15) is 22.5 Å². The monoisotopic (exact) mass is 478 g/mol. The van der Waals surface area contributed by atoms with Crippen LogP contribution in [0.2, 0.25) is 0 Å². The molecule has 6 rings (SSSR count). The smallest absolute Gasteiger partial charge is 0.276 e. The van der Waals surface area contributed by atoms with Gasteiger partial charge in [-0.1, -0.05) is 6.07 Å². The summed E-state index contributed by atoms with van der Waals surface area (Å²) < 4.78 is 13.2. The third-order valence-corrected chi connectivity index (χ3v) is 6.42. The number of nitrogens with one attached hydrogen (secondary N) is 2. The number of aromatic amines is 1. The zero-order valence-corrected chi connectivity index (χ0v) is 19.4. The molecule has 5 aromatic rings. The molecule has 0 aliphatic carbocycles. The van der Waals surface area contributed by atoms with Gasteiger partial charge in [0.25, 0.3) is 5.91 Å². The van der Waals surface area contributed by atoms with Crippen LogP contribution in [-0.4, -0.2) is 44.1 Å². The highest BCUT2D eigenvalue weighted by atomic mass is 19.1. The van der Waals surface area contributed by atoms with E-state index in [0.29, 0.717) is 17.1 Å². The van der Waals surface area contributed by atoms with Crippen molar-refractivity contribution in [3.8, 4) is 22.4 Å². The zero-order chi connectivity index (χ0) is 24.5. The van der Waals surface area contributed by atoms with E-state index in [-0.39, 0.29) is 11.7 Å². The molecule has 1 aliphatic heterocycles. The number of fused-ring (bicyclic) bond motifs is 1. The fraction of sp³-hybridized carbons (Fsp3) is 0.143. The van der Waals surface area contributed by atoms with Crippen LogP contribution in [0.5, 0.6) is 0 Å². The van der Waals surface area contributed by atoms with E-state index in [2.05, 4.69) is 36.4 Å². The van der Waals surface area contributed by atoms with Crippen LogP contribution >= 0.6 is 0 Å². The Hall–Kier alpha value is -4.43. The number of carbonyl (C=O) groups excluding carboxylic acids is 1. The minimum absolute atomic E-state index is 0.298. The number of hydrogen-bond donors (Lipinski definition) is 2. The number of pyridine rings is 2. The van der Waals surface area contributed by atoms with Crippen molar-refractivity contribution >= 4 is 22.5 Å². The van der Waals surface area contributed by atoms with Crippen molar-refractivity contribution in [1.29, 1.82) is 0 Å². The Morgan fingerprint density at radius 2 is 1.78 bits per heavy atom. The molecule has 0 atom stereocenters. The van der Waals surface area contributed by atoms with Crippen LogP contribution in [0.15, 0.2) is 79.3 Å². The maximum atomic E-state index is 13.2. The van der Waals surface area contributed by atoms with E-state index < -0.39 is 0 Å². The summed E-state index contributed by atoms with van der Waals surface area (Å²) in [6.45, 7) is 3.17. The summed E-state index contributed by atoms with van der Waals surface area (Å²) in [4.78, 5) is 24.3. The number of nitrogens with zero attached hydrogens (tertiary/aromatic N) is 4. The summed E-state index contributed by atoms with van der Waals surface area (Å²) in [6.07, 6.45) is 6.58. The largest absolute Gasteiger partial charge is 0.319 e. The molecule has 4 heterocycles. The number of carbonyl (C=O) groups is 1. The van der Waals surface area contributed by atoms with E-state index >= 15 is 0 Å². The van der Waals surface area contributed by atoms with Gasteiger partial charge in [0.05, 0.1) is 23.1 Å². The highest BCUT2D eigenvalue weighted by Gasteiger charge is 2.17. The van der Waals surface area contributed by atoms with Gasteiger partial charge in [-0.05, 0) is 85.2 Å². The summed E-state index contributed by atoms with van der Waals surface area (Å²) in [5.41, 5.74) is 6.26. The summed E-state index contributed by atoms with van der Waals surface area (Å²) in [6, 6.07) is 17.7. The maximum Gasteiger partial charge on any atom is 0.276 e. The van der Waals surface area contributed by atoms with Gasteiger partial charge in [0, 0.05) is 35.5 Å². The SMILES string of the molecule is O=C(Nc1ccc(-c2ccc(F)cc2)nc1)c1n[nH]c2ccc(-c3cncc(CN4CCC4)c3)cc12. The van der Waals surface area contributed by atoms with Crippen LogP contribution in [0.4, 0.5) is 10.1 Å². The molecule has 0 saturated carbocycles. The molecule has 178 valence electrons. The fourth-order valence-corrected chi connectivity index (χ4v) is 4.35. The molecular weight excluding hydrogens is 455 g/mol. The molecule has 36 heavy (non-hydrogen) atoms. The molecule has 3 aromatic heterocycles. The molecule has 0 unspecified atom stereocenters. The molecule has 1 saturated heterocycles. The number of hydrogen-bond acceptors (Lipinski definition) is 5. The van der Waals surface area contributed by atoms with Crippen molar-refractivity contribution in [2.24, 2.45) is 0 Å². The molecule has 0 radical (unpaired) electrons. The molecule has 0 bridgehead atoms. The van der Waals surface area contributed by atoms with Crippen LogP contribution in [0.25, 0.3) is 33.3 Å². The number of benzene rings is 2. The maximum absolute atomic E-state index is 13.2. The van der Waals surface area contributed by atoms with E-state index in [1.165, 1.54) is 24.1 Å². The summed E-state index contributed by atoms with van der Waals surface area (Å²) in [5.74, 6) is -0.632. The van der Waals surface area contributed by atoms with Gasteiger partial charge in [0.15, 0.2) is 5.69 Å². The van der Waals surface area contributed by atoms with Crippen LogP contribution in [0.3, 0.4) is 0 Å². The normalized spacial score (nSPS) is 13.5. The van der Waals surface area contributed by atoms with Crippen molar-refractivity contribution in [1.82, 2.24) is 25.1 Å². The fourth-order valence-electron chi connectivity index (χ4n) is 4.35. The Kier molecular flexibility index (Phi) is 5.71. The highest BCUT2D eigenvalue weighted by molar-refractivity contribution is 6.11. The molecular formula is C28H23FN6O. The first-order chi connectivity index (χ1) is 17.6. The number of amides is 1. The average Bonchev–Trinajstić information content (AvgIpc) is 3.31. The van der Waals surface area contributed by atoms with Crippen LogP contribution in [-0.2, 0) is 6.54 Å². The molecule has 8 heteroatoms. The molecule has 1 fully saturated rings. The predicted octanol–water partition coefficient (Wildman–Crippen LogP) is 5.28. The summed E-state index contributed by atoms with van der Waals surface area (Å²) >= 11 is 0. The van der Waals surface area contributed by atoms with Gasteiger partial charge in [0.2, 0.25) is 0 Å². The third-order valence-electron chi connectivity index (χ3n) is 6.42. The Morgan fingerprint density at radius 3 is 2.53 bits per heavy atom. The van der Waals surface area contributed by atoms with Gasteiger partial charge >= 0.3 is 0 Å². The highest BCUT2D eigenvalue weighted by Crippen LogP contribution is 2.27. The number of halogens is 1. The standard InChI is InChI=1S/C28H23FN6O/c29-22-5-2-19(3-6-22)25-9-7-23(16-31-25)32-28(36)27-24-13-20(4-8-26(24)33-34-27)21-12-18(14-30-15-21)17-35-10-1-11-35/h2-9,12-16H,1,10-11,17H2,(H,32,36)(H,33,34). The van der Waals surface area contributed by atoms with Gasteiger partial charge in [-0.15, -0.1) is 0 Å². The van der Waals surface area contributed by atoms with E-state index in [1.54, 1.807) is 30.5 Å².